The van der Waals surface area contributed by atoms with Crippen molar-refractivity contribution < 1.29 is 4.92 Å². The van der Waals surface area contributed by atoms with Gasteiger partial charge in [0.1, 0.15) is 0 Å². The highest BCUT2D eigenvalue weighted by Gasteiger charge is 2.21. The maximum Gasteiger partial charge on any atom is 0.282 e. The number of nitro groups is 1. The molecule has 5 heteroatoms. The molecule has 0 spiro atoms. The van der Waals surface area contributed by atoms with E-state index in [1.54, 1.807) is 12.1 Å². The highest BCUT2D eigenvalue weighted by Crippen LogP contribution is 2.30. The summed E-state index contributed by atoms with van der Waals surface area (Å²) < 4.78 is 0.685. The van der Waals surface area contributed by atoms with Gasteiger partial charge >= 0.3 is 0 Å². The maximum absolute atomic E-state index is 10.8. The monoisotopic (exact) mass is 374 g/mol. The fourth-order valence-electron chi connectivity index (χ4n) is 2.71. The number of nitrogens with zero attached hydrogens (tertiary/aromatic N) is 1. The first kappa shape index (κ1) is 14.6. The summed E-state index contributed by atoms with van der Waals surface area (Å²) in [5.74, 6) is 1.50. The molecule has 0 heterocycles. The van der Waals surface area contributed by atoms with E-state index in [9.17, 15) is 10.1 Å². The van der Waals surface area contributed by atoms with Crippen molar-refractivity contribution in [3.05, 3.63) is 31.9 Å². The quantitative estimate of drug-likeness (QED) is 0.482. The third-order valence-electron chi connectivity index (χ3n) is 4.00. The van der Waals surface area contributed by atoms with E-state index >= 15 is 0 Å². The van der Waals surface area contributed by atoms with Gasteiger partial charge in [-0.05, 0) is 53.0 Å². The minimum absolute atomic E-state index is 0.178. The number of benzene rings is 1. The van der Waals surface area contributed by atoms with Gasteiger partial charge in [0.05, 0.1) is 8.49 Å². The van der Waals surface area contributed by atoms with Crippen molar-refractivity contribution in [3.8, 4) is 0 Å². The van der Waals surface area contributed by atoms with Crippen LogP contribution >= 0.6 is 22.6 Å². The van der Waals surface area contributed by atoms with E-state index in [4.69, 9.17) is 0 Å². The molecule has 0 aromatic heterocycles. The normalized spacial score (nSPS) is 23.1. The summed E-state index contributed by atoms with van der Waals surface area (Å²) in [6.45, 7) is 3.29. The van der Waals surface area contributed by atoms with Gasteiger partial charge in [0.15, 0.2) is 0 Å². The fourth-order valence-corrected chi connectivity index (χ4v) is 3.42. The summed E-state index contributed by atoms with van der Waals surface area (Å²) >= 11 is 2.02. The van der Waals surface area contributed by atoms with Gasteiger partial charge in [0.2, 0.25) is 0 Å². The molecule has 0 bridgehead atoms. The van der Waals surface area contributed by atoms with Crippen LogP contribution in [0.4, 0.5) is 11.4 Å². The molecular formula is C14H19IN2O2. The fraction of sp³-hybridized carbons (Fsp3) is 0.571. The van der Waals surface area contributed by atoms with Crippen LogP contribution < -0.4 is 5.32 Å². The molecule has 4 nitrogen and oxygen atoms in total. The Kier molecular flexibility index (Phi) is 5.01. The first-order chi connectivity index (χ1) is 9.08. The minimum Gasteiger partial charge on any atom is -0.385 e. The van der Waals surface area contributed by atoms with Crippen LogP contribution in [0, 0.1) is 25.5 Å². The summed E-state index contributed by atoms with van der Waals surface area (Å²) in [5.41, 5.74) is 1.16. The molecule has 1 aliphatic rings. The van der Waals surface area contributed by atoms with Crippen molar-refractivity contribution in [2.24, 2.45) is 11.8 Å². The Bertz CT molecular complexity index is 465. The van der Waals surface area contributed by atoms with Crippen LogP contribution in [0.2, 0.25) is 0 Å². The number of nitrogens with one attached hydrogen (secondary N) is 1. The molecule has 1 aromatic carbocycles. The van der Waals surface area contributed by atoms with Gasteiger partial charge in [-0.1, -0.05) is 26.2 Å². The minimum atomic E-state index is -0.339. The lowest BCUT2D eigenvalue weighted by Crippen LogP contribution is -2.24. The lowest BCUT2D eigenvalue weighted by Gasteiger charge is -2.29. The zero-order chi connectivity index (χ0) is 13.8. The van der Waals surface area contributed by atoms with Crippen molar-refractivity contribution in [1.29, 1.82) is 0 Å². The topological polar surface area (TPSA) is 55.2 Å². The van der Waals surface area contributed by atoms with Crippen LogP contribution in [0.1, 0.15) is 32.6 Å². The molecule has 1 aromatic rings. The zero-order valence-corrected chi connectivity index (χ0v) is 13.2. The lowest BCUT2D eigenvalue weighted by molar-refractivity contribution is -0.385. The number of halogens is 1. The molecule has 2 atom stereocenters. The van der Waals surface area contributed by atoms with Gasteiger partial charge < -0.3 is 5.32 Å². The summed E-state index contributed by atoms with van der Waals surface area (Å²) in [5, 5.41) is 14.2. The zero-order valence-electron chi connectivity index (χ0n) is 11.1. The van der Waals surface area contributed by atoms with E-state index < -0.39 is 0 Å². The highest BCUT2D eigenvalue weighted by atomic mass is 127. The van der Waals surface area contributed by atoms with Gasteiger partial charge in [-0.2, -0.15) is 0 Å². The highest BCUT2D eigenvalue weighted by molar-refractivity contribution is 14.1. The molecule has 1 fully saturated rings. The average Bonchev–Trinajstić information content (AvgIpc) is 2.37. The van der Waals surface area contributed by atoms with Crippen LogP contribution in [0.5, 0.6) is 0 Å². The first-order valence-corrected chi connectivity index (χ1v) is 7.83. The second kappa shape index (κ2) is 6.54. The molecule has 1 saturated carbocycles. The second-order valence-electron chi connectivity index (χ2n) is 5.33. The Labute approximate surface area is 127 Å². The summed E-state index contributed by atoms with van der Waals surface area (Å²) in [6, 6.07) is 5.23. The van der Waals surface area contributed by atoms with Gasteiger partial charge in [-0.15, -0.1) is 0 Å². The Hall–Kier alpha value is -0.850. The lowest BCUT2D eigenvalue weighted by atomic mass is 9.80. The molecular weight excluding hydrogens is 355 g/mol. The smallest absolute Gasteiger partial charge is 0.282 e. The van der Waals surface area contributed by atoms with Crippen molar-refractivity contribution in [2.75, 3.05) is 11.9 Å². The van der Waals surface area contributed by atoms with E-state index in [1.807, 2.05) is 28.7 Å². The SMILES string of the molecule is CC1CCCCC1CNc1ccc([N+](=O)[O-])c(I)c1. The Balaban J connectivity index is 1.96. The van der Waals surface area contributed by atoms with Gasteiger partial charge in [-0.3, -0.25) is 10.1 Å². The van der Waals surface area contributed by atoms with Crippen molar-refractivity contribution >= 4 is 34.0 Å². The maximum atomic E-state index is 10.8. The van der Waals surface area contributed by atoms with Gasteiger partial charge in [-0.25, -0.2) is 0 Å². The number of nitro benzene ring substituents is 1. The molecule has 0 radical (unpaired) electrons. The second-order valence-corrected chi connectivity index (χ2v) is 6.49. The molecule has 2 unspecified atom stereocenters. The Morgan fingerprint density at radius 2 is 2.16 bits per heavy atom. The van der Waals surface area contributed by atoms with Crippen LogP contribution in [0.25, 0.3) is 0 Å². The molecule has 0 saturated heterocycles. The Morgan fingerprint density at radius 3 is 2.79 bits per heavy atom. The molecule has 0 aliphatic heterocycles. The van der Waals surface area contributed by atoms with Crippen LogP contribution in [0.3, 0.4) is 0 Å². The van der Waals surface area contributed by atoms with E-state index in [2.05, 4.69) is 12.2 Å². The van der Waals surface area contributed by atoms with Crippen LogP contribution in [-0.2, 0) is 0 Å². The van der Waals surface area contributed by atoms with Crippen LogP contribution in [-0.4, -0.2) is 11.5 Å². The number of hydrogen-bond donors (Lipinski definition) is 1. The van der Waals surface area contributed by atoms with Crippen LogP contribution in [0.15, 0.2) is 18.2 Å². The molecule has 1 aliphatic carbocycles. The van der Waals surface area contributed by atoms with Crippen molar-refractivity contribution in [2.45, 2.75) is 32.6 Å². The summed E-state index contributed by atoms with van der Waals surface area (Å²) in [7, 11) is 0. The predicted molar refractivity (Wildman–Crippen MR) is 85.4 cm³/mol. The first-order valence-electron chi connectivity index (χ1n) is 6.75. The molecule has 0 amide bonds. The van der Waals surface area contributed by atoms with E-state index in [0.29, 0.717) is 3.57 Å². The molecule has 2 rings (SSSR count). The molecule has 19 heavy (non-hydrogen) atoms. The van der Waals surface area contributed by atoms with E-state index in [0.717, 1.165) is 24.1 Å². The molecule has 1 N–H and O–H groups in total. The van der Waals surface area contributed by atoms with Gasteiger partial charge in [0, 0.05) is 18.3 Å². The standard InChI is InChI=1S/C14H19IN2O2/c1-10-4-2-3-5-11(10)9-16-12-6-7-14(17(18)19)13(15)8-12/h6-8,10-11,16H,2-5,9H2,1H3. The number of anilines is 1. The van der Waals surface area contributed by atoms with E-state index in [1.165, 1.54) is 25.7 Å². The molecule has 104 valence electrons. The van der Waals surface area contributed by atoms with E-state index in [-0.39, 0.29) is 10.6 Å². The van der Waals surface area contributed by atoms with Crippen molar-refractivity contribution in [1.82, 2.24) is 0 Å². The number of rotatable bonds is 4. The number of hydrogen-bond acceptors (Lipinski definition) is 3. The Morgan fingerprint density at radius 1 is 1.42 bits per heavy atom. The summed E-state index contributed by atoms with van der Waals surface area (Å²) in [6.07, 6.45) is 5.30. The third-order valence-corrected chi connectivity index (χ3v) is 4.87. The third kappa shape index (κ3) is 3.81. The predicted octanol–water partition coefficient (Wildman–Crippen LogP) is 4.44. The van der Waals surface area contributed by atoms with Gasteiger partial charge in [0.25, 0.3) is 5.69 Å². The largest absolute Gasteiger partial charge is 0.385 e. The average molecular weight is 374 g/mol. The van der Waals surface area contributed by atoms with Crippen molar-refractivity contribution in [3.63, 3.8) is 0 Å². The summed E-state index contributed by atoms with van der Waals surface area (Å²) in [4.78, 5) is 10.4.